The number of hydrogen-bond donors (Lipinski definition) is 2. The average molecular weight is 310 g/mol. The van der Waals surface area contributed by atoms with E-state index in [-0.39, 0.29) is 5.82 Å². The van der Waals surface area contributed by atoms with Crippen molar-refractivity contribution in [2.45, 2.75) is 0 Å². The molecular formula is C16H11FN4S. The van der Waals surface area contributed by atoms with Gasteiger partial charge in [-0.05, 0) is 29.8 Å². The summed E-state index contributed by atoms with van der Waals surface area (Å²) < 4.78 is 13.5. The van der Waals surface area contributed by atoms with Crippen LogP contribution in [0.2, 0.25) is 0 Å². The van der Waals surface area contributed by atoms with Crippen LogP contribution >= 0.6 is 11.3 Å². The number of hydrogen-bond acceptors (Lipinski definition) is 4. The zero-order valence-corrected chi connectivity index (χ0v) is 12.2. The quantitative estimate of drug-likeness (QED) is 0.586. The fraction of sp³-hybridized carbons (Fsp3) is 0. The van der Waals surface area contributed by atoms with Gasteiger partial charge in [0.05, 0.1) is 22.3 Å². The lowest BCUT2D eigenvalue weighted by molar-refractivity contribution is 0.628. The summed E-state index contributed by atoms with van der Waals surface area (Å²) in [5.74, 6) is -0.291. The maximum absolute atomic E-state index is 13.5. The Morgan fingerprint density at radius 1 is 1.09 bits per heavy atom. The summed E-state index contributed by atoms with van der Waals surface area (Å²) in [4.78, 5) is 5.29. The lowest BCUT2D eigenvalue weighted by atomic mass is 10.1. The molecule has 3 N–H and O–H groups in total. The van der Waals surface area contributed by atoms with Crippen molar-refractivity contribution < 1.29 is 4.39 Å². The molecular weight excluding hydrogens is 299 g/mol. The number of H-pyrrole nitrogens is 1. The number of nitrogens with one attached hydrogen (secondary N) is 1. The molecule has 2 heterocycles. The number of rotatable bonds is 2. The molecule has 0 radical (unpaired) electrons. The van der Waals surface area contributed by atoms with Gasteiger partial charge in [0.15, 0.2) is 5.13 Å². The number of halogens is 1. The van der Waals surface area contributed by atoms with E-state index in [1.54, 1.807) is 12.3 Å². The number of benzene rings is 2. The van der Waals surface area contributed by atoms with Crippen LogP contribution in [0, 0.1) is 5.82 Å². The van der Waals surface area contributed by atoms with Crippen molar-refractivity contribution in [2.24, 2.45) is 0 Å². The number of aromatic amines is 1. The Balaban J connectivity index is 1.91. The van der Waals surface area contributed by atoms with Gasteiger partial charge in [-0.1, -0.05) is 29.5 Å². The van der Waals surface area contributed by atoms with Crippen molar-refractivity contribution in [3.63, 3.8) is 0 Å². The van der Waals surface area contributed by atoms with E-state index in [4.69, 9.17) is 5.73 Å². The largest absolute Gasteiger partial charge is 0.375 e. The fourth-order valence-corrected chi connectivity index (χ4v) is 3.30. The van der Waals surface area contributed by atoms with Crippen molar-refractivity contribution in [3.05, 3.63) is 54.5 Å². The minimum Gasteiger partial charge on any atom is -0.375 e. The molecule has 0 saturated carbocycles. The van der Waals surface area contributed by atoms with Crippen LogP contribution in [0.3, 0.4) is 0 Å². The van der Waals surface area contributed by atoms with Gasteiger partial charge in [0, 0.05) is 10.9 Å². The van der Waals surface area contributed by atoms with Crippen LogP contribution in [0.25, 0.3) is 32.6 Å². The number of nitrogen functional groups attached to an aromatic ring is 1. The first-order chi connectivity index (χ1) is 10.7. The topological polar surface area (TPSA) is 67.6 Å². The maximum atomic E-state index is 13.5. The smallest absolute Gasteiger partial charge is 0.181 e. The first-order valence-corrected chi connectivity index (χ1v) is 7.48. The van der Waals surface area contributed by atoms with Gasteiger partial charge in [-0.15, -0.1) is 0 Å². The molecule has 0 aliphatic rings. The Morgan fingerprint density at radius 2 is 2.00 bits per heavy atom. The molecule has 6 heteroatoms. The lowest BCUT2D eigenvalue weighted by Gasteiger charge is -2.03. The van der Waals surface area contributed by atoms with Crippen LogP contribution in [0.1, 0.15) is 0 Å². The second-order valence-corrected chi connectivity index (χ2v) is 5.94. The summed E-state index contributed by atoms with van der Waals surface area (Å²) in [5.41, 5.74) is 9.25. The highest BCUT2D eigenvalue weighted by Crippen LogP contribution is 2.38. The van der Waals surface area contributed by atoms with E-state index in [9.17, 15) is 4.39 Å². The van der Waals surface area contributed by atoms with Crippen LogP contribution in [0.15, 0.2) is 48.7 Å². The van der Waals surface area contributed by atoms with E-state index in [0.29, 0.717) is 10.8 Å². The van der Waals surface area contributed by atoms with Gasteiger partial charge in [-0.2, -0.15) is 5.10 Å². The summed E-state index contributed by atoms with van der Waals surface area (Å²) in [5, 5.41) is 8.41. The molecule has 0 amide bonds. The molecule has 0 fully saturated rings. The van der Waals surface area contributed by atoms with Crippen LogP contribution in [0.4, 0.5) is 9.52 Å². The fourth-order valence-electron chi connectivity index (χ4n) is 2.45. The molecule has 0 aliphatic carbocycles. The predicted molar refractivity (Wildman–Crippen MR) is 87.0 cm³/mol. The molecule has 0 aliphatic heterocycles. The molecule has 0 atom stereocenters. The van der Waals surface area contributed by atoms with Gasteiger partial charge in [-0.25, -0.2) is 9.37 Å². The molecule has 2 aromatic carbocycles. The normalized spacial score (nSPS) is 11.1. The summed E-state index contributed by atoms with van der Waals surface area (Å²) in [7, 11) is 0. The highest BCUT2D eigenvalue weighted by molar-refractivity contribution is 7.19. The van der Waals surface area contributed by atoms with E-state index >= 15 is 0 Å². The van der Waals surface area contributed by atoms with Gasteiger partial charge in [0.25, 0.3) is 0 Å². The molecule has 4 aromatic rings. The monoisotopic (exact) mass is 310 g/mol. The zero-order chi connectivity index (χ0) is 15.1. The van der Waals surface area contributed by atoms with E-state index in [2.05, 4.69) is 15.2 Å². The Bertz CT molecular complexity index is 973. The van der Waals surface area contributed by atoms with Crippen LogP contribution in [-0.4, -0.2) is 15.2 Å². The molecule has 2 aromatic heterocycles. The molecule has 108 valence electrons. The Morgan fingerprint density at radius 3 is 2.86 bits per heavy atom. The van der Waals surface area contributed by atoms with Crippen molar-refractivity contribution in [1.82, 2.24) is 15.2 Å². The minimum atomic E-state index is -0.291. The molecule has 4 nitrogen and oxygen atoms in total. The molecule has 4 rings (SSSR count). The van der Waals surface area contributed by atoms with Crippen LogP contribution in [-0.2, 0) is 0 Å². The van der Waals surface area contributed by atoms with E-state index in [0.717, 1.165) is 26.9 Å². The molecule has 0 saturated heterocycles. The second kappa shape index (κ2) is 4.92. The first-order valence-electron chi connectivity index (χ1n) is 6.66. The summed E-state index contributed by atoms with van der Waals surface area (Å²) in [6, 6.07) is 12.3. The van der Waals surface area contributed by atoms with Gasteiger partial charge in [-0.3, -0.25) is 5.10 Å². The number of aromatic nitrogens is 3. The number of nitrogens with two attached hydrogens (primary N) is 1. The number of thiazole rings is 1. The molecule has 0 spiro atoms. The number of anilines is 1. The number of fused-ring (bicyclic) bond motifs is 1. The third kappa shape index (κ3) is 2.14. The molecule has 0 unspecified atom stereocenters. The van der Waals surface area contributed by atoms with Crippen molar-refractivity contribution in [3.8, 4) is 21.7 Å². The average Bonchev–Trinajstić information content (AvgIpc) is 3.12. The minimum absolute atomic E-state index is 0.291. The third-order valence-corrected chi connectivity index (χ3v) is 4.38. The Kier molecular flexibility index (Phi) is 2.90. The van der Waals surface area contributed by atoms with Gasteiger partial charge in [0.2, 0.25) is 0 Å². The van der Waals surface area contributed by atoms with Crippen molar-refractivity contribution in [2.75, 3.05) is 5.73 Å². The van der Waals surface area contributed by atoms with Crippen LogP contribution in [0.5, 0.6) is 0 Å². The number of nitrogens with zero attached hydrogens (tertiary/aromatic N) is 2. The highest BCUT2D eigenvalue weighted by Gasteiger charge is 2.14. The lowest BCUT2D eigenvalue weighted by Crippen LogP contribution is -1.85. The summed E-state index contributed by atoms with van der Waals surface area (Å²) in [6.07, 6.45) is 1.77. The van der Waals surface area contributed by atoms with Crippen LogP contribution < -0.4 is 5.73 Å². The summed E-state index contributed by atoms with van der Waals surface area (Å²) in [6.45, 7) is 0. The maximum Gasteiger partial charge on any atom is 0.181 e. The second-order valence-electron chi connectivity index (χ2n) is 4.91. The van der Waals surface area contributed by atoms with Crippen molar-refractivity contribution >= 4 is 27.4 Å². The SMILES string of the molecule is Nc1nc(-c2cccc(F)c2)c(-c2ccc3[nH]ncc3c2)s1. The molecule has 22 heavy (non-hydrogen) atoms. The first kappa shape index (κ1) is 13.0. The zero-order valence-electron chi connectivity index (χ0n) is 11.4. The predicted octanol–water partition coefficient (Wildman–Crippen LogP) is 4.07. The standard InChI is InChI=1S/C16H11FN4S/c17-12-3-1-2-9(7-12)14-15(22-16(18)20-14)10-4-5-13-11(6-10)8-19-21-13/h1-8H,(H2,18,20)(H,19,21). The highest BCUT2D eigenvalue weighted by atomic mass is 32.1. The van der Waals surface area contributed by atoms with E-state index in [1.807, 2.05) is 24.3 Å². The van der Waals surface area contributed by atoms with Gasteiger partial charge >= 0.3 is 0 Å². The van der Waals surface area contributed by atoms with E-state index in [1.165, 1.54) is 23.5 Å². The molecule has 0 bridgehead atoms. The Hall–Kier alpha value is -2.73. The Labute approximate surface area is 129 Å². The van der Waals surface area contributed by atoms with Gasteiger partial charge < -0.3 is 5.73 Å². The third-order valence-electron chi connectivity index (χ3n) is 3.44. The van der Waals surface area contributed by atoms with E-state index < -0.39 is 0 Å². The van der Waals surface area contributed by atoms with Crippen molar-refractivity contribution in [1.29, 1.82) is 0 Å². The van der Waals surface area contributed by atoms with Gasteiger partial charge in [0.1, 0.15) is 5.82 Å². The summed E-state index contributed by atoms with van der Waals surface area (Å²) >= 11 is 1.39.